The topological polar surface area (TPSA) is 98.8 Å². The Morgan fingerprint density at radius 1 is 1.13 bits per heavy atom. The van der Waals surface area contributed by atoms with Gasteiger partial charge in [0.05, 0.1) is 17.2 Å². The summed E-state index contributed by atoms with van der Waals surface area (Å²) in [6.07, 6.45) is 1.86. The molecule has 1 amide bonds. The quantitative estimate of drug-likeness (QED) is 0.362. The standard InChI is InChI=1S/C23H20N4O4/c1-16-6-5-9-22-25-19(14-26(16)22)13-24-23(28)18-10-11-21(20(12-18)27(29)30)31-15-17-7-3-2-4-8-17/h2-12,14H,13,15H2,1H3,(H,24,28). The molecule has 2 aromatic carbocycles. The Bertz CT molecular complexity index is 1250. The van der Waals surface area contributed by atoms with Gasteiger partial charge in [0.15, 0.2) is 5.75 Å². The van der Waals surface area contributed by atoms with Crippen molar-refractivity contribution < 1.29 is 14.5 Å². The van der Waals surface area contributed by atoms with Crippen LogP contribution < -0.4 is 10.1 Å². The first-order chi connectivity index (χ1) is 15.0. The largest absolute Gasteiger partial charge is 0.482 e. The molecular formula is C23H20N4O4. The molecule has 0 aliphatic carbocycles. The van der Waals surface area contributed by atoms with Crippen LogP contribution in [0.3, 0.4) is 0 Å². The van der Waals surface area contributed by atoms with Crippen molar-refractivity contribution in [1.29, 1.82) is 0 Å². The number of hydrogen-bond acceptors (Lipinski definition) is 5. The van der Waals surface area contributed by atoms with Gasteiger partial charge in [0.1, 0.15) is 12.3 Å². The number of ether oxygens (including phenoxy) is 1. The zero-order chi connectivity index (χ0) is 21.8. The molecule has 156 valence electrons. The third-order valence-electron chi connectivity index (χ3n) is 4.83. The number of nitro groups is 1. The summed E-state index contributed by atoms with van der Waals surface area (Å²) < 4.78 is 7.54. The molecule has 0 aliphatic rings. The van der Waals surface area contributed by atoms with Crippen molar-refractivity contribution in [2.24, 2.45) is 0 Å². The Morgan fingerprint density at radius 3 is 2.68 bits per heavy atom. The van der Waals surface area contributed by atoms with Gasteiger partial charge in [-0.3, -0.25) is 14.9 Å². The second kappa shape index (κ2) is 8.66. The monoisotopic (exact) mass is 416 g/mol. The molecule has 0 radical (unpaired) electrons. The lowest BCUT2D eigenvalue weighted by Gasteiger charge is -2.09. The highest BCUT2D eigenvalue weighted by Crippen LogP contribution is 2.28. The van der Waals surface area contributed by atoms with Crippen LogP contribution in [-0.4, -0.2) is 20.2 Å². The van der Waals surface area contributed by atoms with Gasteiger partial charge in [0.2, 0.25) is 0 Å². The summed E-state index contributed by atoms with van der Waals surface area (Å²) in [5, 5.41) is 14.3. The van der Waals surface area contributed by atoms with Gasteiger partial charge < -0.3 is 14.5 Å². The van der Waals surface area contributed by atoms with Crippen molar-refractivity contribution in [3.63, 3.8) is 0 Å². The van der Waals surface area contributed by atoms with E-state index in [2.05, 4.69) is 10.3 Å². The number of imidazole rings is 1. The van der Waals surface area contributed by atoms with Crippen LogP contribution in [0.2, 0.25) is 0 Å². The van der Waals surface area contributed by atoms with E-state index in [4.69, 9.17) is 4.74 Å². The zero-order valence-electron chi connectivity index (χ0n) is 16.8. The van der Waals surface area contributed by atoms with Gasteiger partial charge in [-0.25, -0.2) is 4.98 Å². The van der Waals surface area contributed by atoms with Crippen molar-refractivity contribution in [3.8, 4) is 5.75 Å². The Kier molecular flexibility index (Phi) is 5.61. The van der Waals surface area contributed by atoms with E-state index in [1.807, 2.05) is 66.1 Å². The minimum atomic E-state index is -0.554. The number of amides is 1. The predicted octanol–water partition coefficient (Wildman–Crippen LogP) is 4.06. The lowest BCUT2D eigenvalue weighted by atomic mass is 10.1. The molecule has 0 unspecified atom stereocenters. The fourth-order valence-electron chi connectivity index (χ4n) is 3.22. The predicted molar refractivity (Wildman–Crippen MR) is 115 cm³/mol. The second-order valence-corrected chi connectivity index (χ2v) is 7.02. The first-order valence-electron chi connectivity index (χ1n) is 9.68. The van der Waals surface area contributed by atoms with E-state index < -0.39 is 10.8 Å². The molecule has 0 aliphatic heterocycles. The number of benzene rings is 2. The molecule has 0 fully saturated rings. The molecule has 0 atom stereocenters. The summed E-state index contributed by atoms with van der Waals surface area (Å²) in [7, 11) is 0. The number of aromatic nitrogens is 2. The zero-order valence-corrected chi connectivity index (χ0v) is 16.8. The average Bonchev–Trinajstić information content (AvgIpc) is 3.21. The summed E-state index contributed by atoms with van der Waals surface area (Å²) in [6.45, 7) is 2.37. The first kappa shape index (κ1) is 20.1. The highest BCUT2D eigenvalue weighted by molar-refractivity contribution is 5.95. The van der Waals surface area contributed by atoms with Gasteiger partial charge in [0.25, 0.3) is 5.91 Å². The van der Waals surface area contributed by atoms with E-state index in [-0.39, 0.29) is 30.2 Å². The molecule has 0 bridgehead atoms. The van der Waals surface area contributed by atoms with E-state index >= 15 is 0 Å². The van der Waals surface area contributed by atoms with Gasteiger partial charge in [0, 0.05) is 23.5 Å². The molecule has 0 saturated carbocycles. The average molecular weight is 416 g/mol. The maximum Gasteiger partial charge on any atom is 0.311 e. The Hall–Kier alpha value is -4.20. The number of fused-ring (bicyclic) bond motifs is 1. The van der Waals surface area contributed by atoms with Crippen LogP contribution in [0.4, 0.5) is 5.69 Å². The third-order valence-corrected chi connectivity index (χ3v) is 4.83. The normalized spacial score (nSPS) is 10.7. The van der Waals surface area contributed by atoms with Crippen LogP contribution in [0.15, 0.2) is 72.9 Å². The van der Waals surface area contributed by atoms with Gasteiger partial charge >= 0.3 is 5.69 Å². The van der Waals surface area contributed by atoms with Gasteiger partial charge in [-0.15, -0.1) is 0 Å². The fraction of sp³-hybridized carbons (Fsp3) is 0.130. The minimum Gasteiger partial charge on any atom is -0.482 e. The Balaban J connectivity index is 1.46. The van der Waals surface area contributed by atoms with E-state index in [1.54, 1.807) is 0 Å². The summed E-state index contributed by atoms with van der Waals surface area (Å²) >= 11 is 0. The van der Waals surface area contributed by atoms with Crippen LogP contribution >= 0.6 is 0 Å². The molecule has 4 rings (SSSR count). The number of carbonyl (C=O) groups is 1. The van der Waals surface area contributed by atoms with Gasteiger partial charge in [-0.05, 0) is 36.8 Å². The number of carbonyl (C=O) groups excluding carboxylic acids is 1. The number of pyridine rings is 1. The maximum absolute atomic E-state index is 12.6. The molecule has 1 N–H and O–H groups in total. The number of nitrogens with one attached hydrogen (secondary N) is 1. The Labute approximate surface area is 178 Å². The van der Waals surface area contributed by atoms with Crippen LogP contribution in [0.25, 0.3) is 5.65 Å². The van der Waals surface area contributed by atoms with Crippen molar-refractivity contribution in [2.75, 3.05) is 0 Å². The third kappa shape index (κ3) is 4.53. The summed E-state index contributed by atoms with van der Waals surface area (Å²) in [4.78, 5) is 28.0. The maximum atomic E-state index is 12.6. The van der Waals surface area contributed by atoms with E-state index in [0.29, 0.717) is 5.69 Å². The molecular weight excluding hydrogens is 396 g/mol. The van der Waals surface area contributed by atoms with Crippen molar-refractivity contribution in [3.05, 3.63) is 106 Å². The highest BCUT2D eigenvalue weighted by Gasteiger charge is 2.19. The molecule has 4 aromatic rings. The van der Waals surface area contributed by atoms with E-state index in [9.17, 15) is 14.9 Å². The van der Waals surface area contributed by atoms with Crippen molar-refractivity contribution in [2.45, 2.75) is 20.1 Å². The second-order valence-electron chi connectivity index (χ2n) is 7.02. The van der Waals surface area contributed by atoms with Crippen molar-refractivity contribution >= 4 is 17.2 Å². The van der Waals surface area contributed by atoms with Crippen LogP contribution in [-0.2, 0) is 13.2 Å². The lowest BCUT2D eigenvalue weighted by Crippen LogP contribution is -2.23. The molecule has 31 heavy (non-hydrogen) atoms. The summed E-state index contributed by atoms with van der Waals surface area (Å²) in [5.41, 5.74) is 3.33. The first-order valence-corrected chi connectivity index (χ1v) is 9.68. The number of aryl methyl sites for hydroxylation is 1. The van der Waals surface area contributed by atoms with Crippen molar-refractivity contribution in [1.82, 2.24) is 14.7 Å². The smallest absolute Gasteiger partial charge is 0.311 e. The van der Waals surface area contributed by atoms with Gasteiger partial charge in [-0.2, -0.15) is 0 Å². The molecule has 0 saturated heterocycles. The lowest BCUT2D eigenvalue weighted by molar-refractivity contribution is -0.386. The Morgan fingerprint density at radius 2 is 1.94 bits per heavy atom. The van der Waals surface area contributed by atoms with Crippen LogP contribution in [0.5, 0.6) is 5.75 Å². The molecule has 8 nitrogen and oxygen atoms in total. The number of nitrogens with zero attached hydrogens (tertiary/aromatic N) is 3. The van der Waals surface area contributed by atoms with Gasteiger partial charge in [-0.1, -0.05) is 36.4 Å². The minimum absolute atomic E-state index is 0.112. The van der Waals surface area contributed by atoms with Crippen LogP contribution in [0, 0.1) is 17.0 Å². The SMILES string of the molecule is Cc1cccc2nc(CNC(=O)c3ccc(OCc4ccccc4)c([N+](=O)[O-])c3)cn12. The molecule has 2 heterocycles. The summed E-state index contributed by atoms with van der Waals surface area (Å²) in [5.74, 6) is -0.312. The molecule has 8 heteroatoms. The number of hydrogen-bond donors (Lipinski definition) is 1. The van der Waals surface area contributed by atoms with E-state index in [1.165, 1.54) is 18.2 Å². The van der Waals surface area contributed by atoms with E-state index in [0.717, 1.165) is 16.9 Å². The summed E-state index contributed by atoms with van der Waals surface area (Å²) in [6, 6.07) is 19.3. The van der Waals surface area contributed by atoms with Crippen LogP contribution in [0.1, 0.15) is 27.3 Å². The molecule has 2 aromatic heterocycles. The number of rotatable bonds is 7. The highest BCUT2D eigenvalue weighted by atomic mass is 16.6. The molecule has 0 spiro atoms. The number of nitro benzene ring substituents is 1. The fourth-order valence-corrected chi connectivity index (χ4v) is 3.22.